The molecule has 0 radical (unpaired) electrons. The molecule has 0 saturated carbocycles. The minimum atomic E-state index is -3.70. The number of hydrogen-bond acceptors (Lipinski definition) is 5. The van der Waals surface area contributed by atoms with E-state index in [4.69, 9.17) is 5.11 Å². The molecule has 0 aliphatic rings. The molecule has 15 heavy (non-hydrogen) atoms. The Hall–Kier alpha value is -0.960. The molecule has 8 heteroatoms. The molecular weight excluding hydrogens is 222 g/mol. The number of aromatic nitrogens is 2. The monoisotopic (exact) mass is 235 g/mol. The predicted molar refractivity (Wildman–Crippen MR) is 51.5 cm³/mol. The first-order chi connectivity index (χ1) is 6.87. The van der Waals surface area contributed by atoms with Crippen molar-refractivity contribution in [1.29, 1.82) is 0 Å². The summed E-state index contributed by atoms with van der Waals surface area (Å²) in [6.45, 7) is 0.520. The Bertz CT molecular complexity index is 398. The second-order valence-corrected chi connectivity index (χ2v) is 5.14. The summed E-state index contributed by atoms with van der Waals surface area (Å²) in [7, 11) is -3.70. The lowest BCUT2D eigenvalue weighted by Crippen LogP contribution is -2.43. The van der Waals surface area contributed by atoms with E-state index in [-0.39, 0.29) is 11.6 Å². The van der Waals surface area contributed by atoms with Gasteiger partial charge in [0, 0.05) is 6.54 Å². The Morgan fingerprint density at radius 1 is 1.67 bits per heavy atom. The lowest BCUT2D eigenvalue weighted by atomic mass is 10.1. The third-order valence-electron chi connectivity index (χ3n) is 1.75. The van der Waals surface area contributed by atoms with Gasteiger partial charge in [0.2, 0.25) is 0 Å². The van der Waals surface area contributed by atoms with Gasteiger partial charge >= 0.3 is 0 Å². The van der Waals surface area contributed by atoms with Crippen molar-refractivity contribution in [3.05, 3.63) is 12.3 Å². The van der Waals surface area contributed by atoms with Crippen LogP contribution in [0.4, 0.5) is 0 Å². The number of aliphatic hydroxyl groups excluding tert-OH is 1. The van der Waals surface area contributed by atoms with Crippen molar-refractivity contribution in [3.8, 4) is 0 Å². The van der Waals surface area contributed by atoms with Crippen LogP contribution >= 0.6 is 0 Å². The SMILES string of the molecule is CC(O)(CO)CNS(=O)(=O)c1ccn[nH]1. The van der Waals surface area contributed by atoms with Crippen LogP contribution in [0.5, 0.6) is 0 Å². The highest BCUT2D eigenvalue weighted by Gasteiger charge is 2.23. The van der Waals surface area contributed by atoms with E-state index in [1.54, 1.807) is 0 Å². The van der Waals surface area contributed by atoms with Crippen molar-refractivity contribution in [2.75, 3.05) is 13.2 Å². The summed E-state index contributed by atoms with van der Waals surface area (Å²) >= 11 is 0. The standard InChI is InChI=1S/C7H13N3O4S/c1-7(12,5-11)4-9-15(13,14)6-2-3-8-10-6/h2-3,9,11-12H,4-5H2,1H3,(H,8,10). The Morgan fingerprint density at radius 3 is 2.80 bits per heavy atom. The van der Waals surface area contributed by atoms with Gasteiger partial charge in [-0.1, -0.05) is 0 Å². The van der Waals surface area contributed by atoms with Gasteiger partial charge in [0.05, 0.1) is 18.4 Å². The van der Waals surface area contributed by atoms with Crippen LogP contribution < -0.4 is 4.72 Å². The maximum Gasteiger partial charge on any atom is 0.257 e. The number of nitrogens with one attached hydrogen (secondary N) is 2. The van der Waals surface area contributed by atoms with E-state index in [1.165, 1.54) is 19.2 Å². The summed E-state index contributed by atoms with van der Waals surface area (Å²) in [6.07, 6.45) is 1.30. The van der Waals surface area contributed by atoms with Crippen molar-refractivity contribution in [1.82, 2.24) is 14.9 Å². The number of aromatic amines is 1. The molecule has 86 valence electrons. The molecular formula is C7H13N3O4S. The van der Waals surface area contributed by atoms with Gasteiger partial charge < -0.3 is 10.2 Å². The number of rotatable bonds is 5. The second kappa shape index (κ2) is 4.27. The first-order valence-corrected chi connectivity index (χ1v) is 5.68. The highest BCUT2D eigenvalue weighted by Crippen LogP contribution is 2.05. The van der Waals surface area contributed by atoms with E-state index in [0.717, 1.165) is 0 Å². The second-order valence-electron chi connectivity index (χ2n) is 3.40. The molecule has 0 fully saturated rings. The molecule has 0 spiro atoms. The lowest BCUT2D eigenvalue weighted by Gasteiger charge is -2.20. The third kappa shape index (κ3) is 3.27. The van der Waals surface area contributed by atoms with Crippen molar-refractivity contribution in [3.63, 3.8) is 0 Å². The molecule has 1 unspecified atom stereocenters. The summed E-state index contributed by atoms with van der Waals surface area (Å²) in [5, 5.41) is 23.8. The fourth-order valence-corrected chi connectivity index (χ4v) is 1.85. The Morgan fingerprint density at radius 2 is 2.33 bits per heavy atom. The Balaban J connectivity index is 2.67. The van der Waals surface area contributed by atoms with E-state index >= 15 is 0 Å². The molecule has 4 N–H and O–H groups in total. The molecule has 7 nitrogen and oxygen atoms in total. The molecule has 1 aromatic rings. The van der Waals surface area contributed by atoms with Crippen LogP contribution in [0.1, 0.15) is 6.92 Å². The first kappa shape index (κ1) is 12.1. The van der Waals surface area contributed by atoms with Crippen molar-refractivity contribution in [2.24, 2.45) is 0 Å². The zero-order valence-corrected chi connectivity index (χ0v) is 8.95. The normalized spacial score (nSPS) is 16.2. The van der Waals surface area contributed by atoms with Crippen LogP contribution in [-0.4, -0.2) is 47.6 Å². The fraction of sp³-hybridized carbons (Fsp3) is 0.571. The van der Waals surface area contributed by atoms with Gasteiger partial charge in [-0.15, -0.1) is 0 Å². The average molecular weight is 235 g/mol. The minimum absolute atomic E-state index is 0.0868. The lowest BCUT2D eigenvalue weighted by molar-refractivity contribution is 0.00680. The maximum absolute atomic E-state index is 11.5. The molecule has 0 amide bonds. The zero-order valence-electron chi connectivity index (χ0n) is 8.14. The summed E-state index contributed by atoms with van der Waals surface area (Å²) in [6, 6.07) is 1.29. The van der Waals surface area contributed by atoms with Crippen LogP contribution in [0.3, 0.4) is 0 Å². The molecule has 1 atom stereocenters. The van der Waals surface area contributed by atoms with Gasteiger partial charge in [0.1, 0.15) is 0 Å². The largest absolute Gasteiger partial charge is 0.393 e. The van der Waals surface area contributed by atoms with Gasteiger partial charge in [-0.2, -0.15) is 5.10 Å². The number of sulfonamides is 1. The van der Waals surface area contributed by atoms with E-state index in [1.807, 2.05) is 0 Å². The molecule has 0 aliphatic heterocycles. The van der Waals surface area contributed by atoms with E-state index < -0.39 is 22.2 Å². The average Bonchev–Trinajstić information content (AvgIpc) is 2.69. The van der Waals surface area contributed by atoms with Crippen molar-refractivity contribution < 1.29 is 18.6 Å². The smallest absolute Gasteiger partial charge is 0.257 e. The highest BCUT2D eigenvalue weighted by atomic mass is 32.2. The van der Waals surface area contributed by atoms with Gasteiger partial charge in [-0.05, 0) is 13.0 Å². The van der Waals surface area contributed by atoms with Gasteiger partial charge in [-0.3, -0.25) is 5.10 Å². The molecule has 0 saturated heterocycles. The number of aliphatic hydroxyl groups is 2. The number of H-pyrrole nitrogens is 1. The summed E-state index contributed by atoms with van der Waals surface area (Å²) < 4.78 is 25.1. The van der Waals surface area contributed by atoms with Gasteiger partial charge in [-0.25, -0.2) is 13.1 Å². The maximum atomic E-state index is 11.5. The van der Waals surface area contributed by atoms with E-state index in [0.29, 0.717) is 0 Å². The Labute approximate surface area is 87.2 Å². The van der Waals surface area contributed by atoms with Crippen LogP contribution in [0.15, 0.2) is 17.3 Å². The Kier molecular flexibility index (Phi) is 3.45. The van der Waals surface area contributed by atoms with Crippen LogP contribution in [0.25, 0.3) is 0 Å². The van der Waals surface area contributed by atoms with E-state index in [9.17, 15) is 13.5 Å². The number of nitrogens with zero attached hydrogens (tertiary/aromatic N) is 1. The predicted octanol–water partition coefficient (Wildman–Crippen LogP) is -1.57. The fourth-order valence-electron chi connectivity index (χ4n) is 0.777. The van der Waals surface area contributed by atoms with Crippen LogP contribution in [0, 0.1) is 0 Å². The minimum Gasteiger partial charge on any atom is -0.393 e. The highest BCUT2D eigenvalue weighted by molar-refractivity contribution is 7.89. The molecule has 1 aromatic heterocycles. The number of hydrogen-bond donors (Lipinski definition) is 4. The molecule has 0 aliphatic carbocycles. The summed E-state index contributed by atoms with van der Waals surface area (Å²) in [5.74, 6) is 0. The summed E-state index contributed by atoms with van der Waals surface area (Å²) in [4.78, 5) is 0. The molecule has 1 rings (SSSR count). The third-order valence-corrected chi connectivity index (χ3v) is 3.08. The molecule has 1 heterocycles. The van der Waals surface area contributed by atoms with Gasteiger partial charge in [0.25, 0.3) is 10.0 Å². The summed E-state index contributed by atoms with van der Waals surface area (Å²) in [5.41, 5.74) is -1.48. The van der Waals surface area contributed by atoms with Crippen molar-refractivity contribution in [2.45, 2.75) is 17.6 Å². The molecule has 0 bridgehead atoms. The van der Waals surface area contributed by atoms with Crippen molar-refractivity contribution >= 4 is 10.0 Å². The quantitative estimate of drug-likeness (QED) is 0.492. The topological polar surface area (TPSA) is 115 Å². The zero-order chi connectivity index (χ0) is 11.5. The van der Waals surface area contributed by atoms with E-state index in [2.05, 4.69) is 14.9 Å². The molecule has 0 aromatic carbocycles. The van der Waals surface area contributed by atoms with Gasteiger partial charge in [0.15, 0.2) is 5.03 Å². The van der Waals surface area contributed by atoms with Crippen LogP contribution in [-0.2, 0) is 10.0 Å². The van der Waals surface area contributed by atoms with Crippen LogP contribution in [0.2, 0.25) is 0 Å². The first-order valence-electron chi connectivity index (χ1n) is 4.20.